The van der Waals surface area contributed by atoms with Crippen LogP contribution in [0.5, 0.6) is 0 Å². The van der Waals surface area contributed by atoms with Gasteiger partial charge in [-0.2, -0.15) is 0 Å². The highest BCUT2D eigenvalue weighted by Gasteiger charge is 2.52. The number of rotatable bonds is 16. The Kier molecular flexibility index (Phi) is 12.5. The number of nitrogens with one attached hydrogen (secondary N) is 1. The quantitative estimate of drug-likeness (QED) is 0.190. The van der Waals surface area contributed by atoms with Crippen molar-refractivity contribution in [2.24, 2.45) is 40.9 Å². The fraction of sp³-hybridized carbons (Fsp3) is 0.775. The van der Waals surface area contributed by atoms with Crippen molar-refractivity contribution in [1.82, 2.24) is 20.2 Å². The summed E-state index contributed by atoms with van der Waals surface area (Å²) in [4.78, 5) is 79.8. The first kappa shape index (κ1) is 37.3. The number of aromatic nitrogens is 2. The fourth-order valence-corrected chi connectivity index (χ4v) is 9.00. The maximum Gasteiger partial charge on any atom is 0.246 e. The second-order valence-corrected chi connectivity index (χ2v) is 17.0. The highest BCUT2D eigenvalue weighted by molar-refractivity contribution is 5.98. The molecule has 3 saturated carbocycles. The molecule has 2 amide bonds. The van der Waals surface area contributed by atoms with Gasteiger partial charge in [-0.25, -0.2) is 4.98 Å². The number of Topliss-reactive ketones (excluding diaryl/α,β-unsaturated/α-hetero) is 3. The zero-order valence-electron chi connectivity index (χ0n) is 30.7. The van der Waals surface area contributed by atoms with E-state index < -0.39 is 23.4 Å². The zero-order valence-corrected chi connectivity index (χ0v) is 30.7. The summed E-state index contributed by atoms with van der Waals surface area (Å²) in [6, 6.07) is -1.36. The molecule has 0 aromatic carbocycles. The lowest BCUT2D eigenvalue weighted by atomic mass is 9.76. The van der Waals surface area contributed by atoms with Crippen molar-refractivity contribution < 1.29 is 24.0 Å². The van der Waals surface area contributed by atoms with E-state index in [4.69, 9.17) is 0 Å². The molecule has 4 fully saturated rings. The number of fused-ring (bicyclic) bond motifs is 1. The average molecular weight is 677 g/mol. The summed E-state index contributed by atoms with van der Waals surface area (Å²) < 4.78 is 0. The summed E-state index contributed by atoms with van der Waals surface area (Å²) in [5.41, 5.74) is 0.348. The number of nitrogens with zero attached hydrogens (tertiary/aromatic N) is 3. The molecule has 4 aliphatic rings. The number of ketones is 3. The largest absolute Gasteiger partial charge is 0.344 e. The lowest BCUT2D eigenvalue weighted by Crippen LogP contribution is -2.58. The maximum atomic E-state index is 14.7. The molecule has 49 heavy (non-hydrogen) atoms. The Morgan fingerprint density at radius 3 is 2.27 bits per heavy atom. The third kappa shape index (κ3) is 9.63. The Labute approximate surface area is 293 Å². The van der Waals surface area contributed by atoms with E-state index in [0.29, 0.717) is 31.7 Å². The second kappa shape index (κ2) is 16.4. The summed E-state index contributed by atoms with van der Waals surface area (Å²) in [6.45, 7) is 10.3. The monoisotopic (exact) mass is 676 g/mol. The third-order valence-electron chi connectivity index (χ3n) is 11.8. The molecule has 1 N–H and O–H groups in total. The van der Waals surface area contributed by atoms with Crippen molar-refractivity contribution in [1.29, 1.82) is 0 Å². The van der Waals surface area contributed by atoms with E-state index >= 15 is 0 Å². The summed E-state index contributed by atoms with van der Waals surface area (Å²) >= 11 is 0. The van der Waals surface area contributed by atoms with Gasteiger partial charge in [0.2, 0.25) is 11.8 Å². The van der Waals surface area contributed by atoms with Gasteiger partial charge in [-0.3, -0.25) is 29.0 Å². The Morgan fingerprint density at radius 1 is 0.898 bits per heavy atom. The molecule has 3 aliphatic carbocycles. The molecule has 0 bridgehead atoms. The predicted molar refractivity (Wildman–Crippen MR) is 188 cm³/mol. The lowest BCUT2D eigenvalue weighted by molar-refractivity contribution is -0.145. The highest BCUT2D eigenvalue weighted by atomic mass is 16.2. The van der Waals surface area contributed by atoms with Gasteiger partial charge < -0.3 is 10.2 Å². The zero-order chi connectivity index (χ0) is 35.3. The fourth-order valence-electron chi connectivity index (χ4n) is 9.00. The van der Waals surface area contributed by atoms with Gasteiger partial charge in [-0.15, -0.1) is 0 Å². The van der Waals surface area contributed by atoms with Crippen LogP contribution in [0.3, 0.4) is 0 Å². The van der Waals surface area contributed by atoms with Crippen LogP contribution in [0.2, 0.25) is 0 Å². The number of amides is 2. The predicted octanol–water partition coefficient (Wildman–Crippen LogP) is 6.85. The van der Waals surface area contributed by atoms with Crippen LogP contribution in [0.15, 0.2) is 12.4 Å². The summed E-state index contributed by atoms with van der Waals surface area (Å²) in [5, 5.41) is 3.16. The molecule has 1 aromatic rings. The van der Waals surface area contributed by atoms with Crippen molar-refractivity contribution in [3.63, 3.8) is 0 Å². The van der Waals surface area contributed by atoms with E-state index in [9.17, 15) is 24.0 Å². The van der Waals surface area contributed by atoms with Crippen LogP contribution in [-0.2, 0) is 19.2 Å². The second-order valence-electron chi connectivity index (χ2n) is 17.0. The van der Waals surface area contributed by atoms with E-state index in [-0.39, 0.29) is 65.0 Å². The minimum absolute atomic E-state index is 0.00581. The lowest BCUT2D eigenvalue weighted by Gasteiger charge is -2.38. The summed E-state index contributed by atoms with van der Waals surface area (Å²) in [7, 11) is 0. The number of aryl methyl sites for hydroxylation is 1. The Bertz CT molecular complexity index is 1340. The molecule has 5 rings (SSSR count). The van der Waals surface area contributed by atoms with Crippen LogP contribution in [0.25, 0.3) is 0 Å². The van der Waals surface area contributed by atoms with Crippen molar-refractivity contribution >= 4 is 29.2 Å². The van der Waals surface area contributed by atoms with Gasteiger partial charge in [0.1, 0.15) is 17.5 Å². The summed E-state index contributed by atoms with van der Waals surface area (Å²) in [6.07, 6.45) is 16.3. The number of likely N-dealkylation sites (tertiary alicyclic amines) is 1. The van der Waals surface area contributed by atoms with E-state index in [1.54, 1.807) is 11.1 Å². The minimum atomic E-state index is -0.846. The number of carbonyl (C=O) groups excluding carboxylic acids is 5. The Hall–Kier alpha value is -2.97. The van der Waals surface area contributed by atoms with Gasteiger partial charge in [-0.05, 0) is 86.9 Å². The van der Waals surface area contributed by atoms with Crippen LogP contribution < -0.4 is 5.32 Å². The number of hydrogen-bond donors (Lipinski definition) is 1. The van der Waals surface area contributed by atoms with Crippen LogP contribution in [-0.4, -0.2) is 62.7 Å². The van der Waals surface area contributed by atoms with E-state index in [1.807, 2.05) is 27.7 Å². The first-order chi connectivity index (χ1) is 23.3. The molecule has 1 unspecified atom stereocenters. The standard InChI is InChI=1S/C40H60N4O5/c1-6-11-27(19-30(45)18-26-16-17-26)20-35(47)36-31-15-10-14-29(31)24-44(36)39(49)37(40(3,4)5)43-38(48)32(28-12-8-7-9-13-28)21-34(46)33-23-41-25(2)22-42-33/h22-23,26-29,31-32,36-37H,6-21,24H2,1-5H3,(H,43,48)/t27?,29-,31-,32-,36-,37+/m0/s1. The molecule has 6 atom stereocenters. The van der Waals surface area contributed by atoms with Crippen molar-refractivity contribution in [3.8, 4) is 0 Å². The molecule has 2 heterocycles. The molecule has 9 nitrogen and oxygen atoms in total. The number of hydrogen-bond acceptors (Lipinski definition) is 7. The molecular formula is C40H60N4O5. The smallest absolute Gasteiger partial charge is 0.246 e. The molecule has 1 aromatic heterocycles. The van der Waals surface area contributed by atoms with Gasteiger partial charge >= 0.3 is 0 Å². The van der Waals surface area contributed by atoms with Gasteiger partial charge in [0.05, 0.1) is 17.9 Å². The van der Waals surface area contributed by atoms with Crippen LogP contribution in [0.1, 0.15) is 147 Å². The molecular weight excluding hydrogens is 616 g/mol. The average Bonchev–Trinajstić information content (AvgIpc) is 3.61. The van der Waals surface area contributed by atoms with Crippen LogP contribution in [0, 0.1) is 47.8 Å². The maximum absolute atomic E-state index is 14.7. The van der Waals surface area contributed by atoms with Gasteiger partial charge in [0, 0.05) is 44.3 Å². The van der Waals surface area contributed by atoms with E-state index in [1.165, 1.54) is 6.20 Å². The minimum Gasteiger partial charge on any atom is -0.344 e. The van der Waals surface area contributed by atoms with Gasteiger partial charge in [0.15, 0.2) is 11.6 Å². The van der Waals surface area contributed by atoms with Crippen LogP contribution >= 0.6 is 0 Å². The van der Waals surface area contributed by atoms with Crippen molar-refractivity contribution in [2.45, 2.75) is 149 Å². The molecule has 9 heteroatoms. The molecule has 0 spiro atoms. The molecule has 1 saturated heterocycles. The molecule has 0 radical (unpaired) electrons. The van der Waals surface area contributed by atoms with Crippen molar-refractivity contribution in [2.75, 3.05) is 6.54 Å². The topological polar surface area (TPSA) is 126 Å². The van der Waals surface area contributed by atoms with Crippen LogP contribution in [0.4, 0.5) is 0 Å². The van der Waals surface area contributed by atoms with E-state index in [2.05, 4.69) is 22.2 Å². The Morgan fingerprint density at radius 2 is 1.63 bits per heavy atom. The highest BCUT2D eigenvalue weighted by Crippen LogP contribution is 2.44. The first-order valence-electron chi connectivity index (χ1n) is 19.3. The van der Waals surface area contributed by atoms with Gasteiger partial charge in [0.25, 0.3) is 0 Å². The third-order valence-corrected chi connectivity index (χ3v) is 11.8. The summed E-state index contributed by atoms with van der Waals surface area (Å²) in [5.74, 6) is 0.0581. The number of carbonyl (C=O) groups is 5. The van der Waals surface area contributed by atoms with Gasteiger partial charge in [-0.1, -0.05) is 59.8 Å². The molecule has 270 valence electrons. The Balaban J connectivity index is 1.34. The normalized spacial score (nSPS) is 24.6. The van der Waals surface area contributed by atoms with E-state index in [0.717, 1.165) is 82.7 Å². The van der Waals surface area contributed by atoms with Crippen molar-refractivity contribution in [3.05, 3.63) is 23.8 Å². The molecule has 1 aliphatic heterocycles. The first-order valence-corrected chi connectivity index (χ1v) is 19.3. The SMILES string of the molecule is CCCC(CC(=O)CC1CC1)CC(=O)[C@@H]1[C@H]2CCC[C@H]2CN1C(=O)[C@@H](NC(=O)[C@@H](CC(=O)c1cnc(C)cn1)C1CCCCC1)C(C)(C)C.